The molecule has 3 atom stereocenters. The van der Waals surface area contributed by atoms with E-state index in [2.05, 4.69) is 0 Å². The summed E-state index contributed by atoms with van der Waals surface area (Å²) in [6.07, 6.45) is 8.63. The van der Waals surface area contributed by atoms with Crippen LogP contribution in [0.2, 0.25) is 0 Å². The van der Waals surface area contributed by atoms with Crippen molar-refractivity contribution in [1.29, 1.82) is 0 Å². The molecule has 3 unspecified atom stereocenters. The Morgan fingerprint density at radius 3 is 2.46 bits per heavy atom. The van der Waals surface area contributed by atoms with Gasteiger partial charge in [0.05, 0.1) is 5.92 Å². The van der Waals surface area contributed by atoms with E-state index in [9.17, 15) is 4.79 Å². The SMILES string of the molecule is O=C(O)C1CC23CCCCC12CC3. The summed E-state index contributed by atoms with van der Waals surface area (Å²) in [5.74, 6) is -0.515. The van der Waals surface area contributed by atoms with E-state index in [1.165, 1.54) is 38.5 Å². The van der Waals surface area contributed by atoms with Crippen LogP contribution < -0.4 is 0 Å². The van der Waals surface area contributed by atoms with Crippen molar-refractivity contribution in [1.82, 2.24) is 0 Å². The van der Waals surface area contributed by atoms with Crippen molar-refractivity contribution in [2.45, 2.75) is 44.9 Å². The molecule has 0 aromatic carbocycles. The average Bonchev–Trinajstić information content (AvgIpc) is 2.02. The molecular formula is C11H16O2. The van der Waals surface area contributed by atoms with Crippen LogP contribution in [0.25, 0.3) is 0 Å². The lowest BCUT2D eigenvalue weighted by molar-refractivity contribution is -0.256. The van der Waals surface area contributed by atoms with E-state index in [4.69, 9.17) is 5.11 Å². The summed E-state index contributed by atoms with van der Waals surface area (Å²) in [4.78, 5) is 11.0. The Labute approximate surface area is 78.3 Å². The lowest BCUT2D eigenvalue weighted by Gasteiger charge is -2.73. The molecule has 2 nitrogen and oxygen atoms in total. The molecule has 3 aliphatic rings. The molecule has 0 saturated heterocycles. The van der Waals surface area contributed by atoms with Crippen molar-refractivity contribution in [2.24, 2.45) is 16.7 Å². The standard InChI is InChI=1S/C11H16O2/c12-9(13)8-7-10-3-1-2-4-11(8,10)6-5-10/h8H,1-7H2,(H,12,13). The molecule has 3 aliphatic carbocycles. The fourth-order valence-electron chi connectivity index (χ4n) is 4.37. The summed E-state index contributed by atoms with van der Waals surface area (Å²) < 4.78 is 0. The Morgan fingerprint density at radius 1 is 1.15 bits per heavy atom. The average molecular weight is 180 g/mol. The van der Waals surface area contributed by atoms with Gasteiger partial charge in [0.1, 0.15) is 0 Å². The van der Waals surface area contributed by atoms with Crippen LogP contribution in [0.4, 0.5) is 0 Å². The van der Waals surface area contributed by atoms with Crippen molar-refractivity contribution < 1.29 is 9.90 Å². The Bertz CT molecular complexity index is 273. The van der Waals surface area contributed by atoms with Gasteiger partial charge in [-0.1, -0.05) is 12.8 Å². The first-order valence-electron chi connectivity index (χ1n) is 5.43. The number of carboxylic acids is 1. The Kier molecular flexibility index (Phi) is 1.27. The molecule has 3 saturated carbocycles. The maximum atomic E-state index is 11.0. The van der Waals surface area contributed by atoms with Gasteiger partial charge in [-0.2, -0.15) is 0 Å². The van der Waals surface area contributed by atoms with Gasteiger partial charge in [0, 0.05) is 0 Å². The highest BCUT2D eigenvalue weighted by Crippen LogP contribution is 2.78. The lowest BCUT2D eigenvalue weighted by atomic mass is 9.30. The maximum Gasteiger partial charge on any atom is 0.307 e. The number of hydrogen-bond acceptors (Lipinski definition) is 1. The zero-order chi connectivity index (χ0) is 9.10. The number of carboxylic acid groups (broad SMARTS) is 1. The van der Waals surface area contributed by atoms with E-state index < -0.39 is 5.97 Å². The van der Waals surface area contributed by atoms with Gasteiger partial charge in [-0.05, 0) is 42.9 Å². The normalized spacial score (nSPS) is 52.5. The molecule has 0 spiro atoms. The largest absolute Gasteiger partial charge is 0.481 e. The summed E-state index contributed by atoms with van der Waals surface area (Å²) in [5.41, 5.74) is 0.783. The molecule has 0 heterocycles. The van der Waals surface area contributed by atoms with Gasteiger partial charge in [-0.25, -0.2) is 0 Å². The number of rotatable bonds is 1. The molecule has 13 heavy (non-hydrogen) atoms. The van der Waals surface area contributed by atoms with Gasteiger partial charge in [0.15, 0.2) is 0 Å². The number of aliphatic carboxylic acids is 1. The third kappa shape index (κ3) is 0.660. The molecule has 0 radical (unpaired) electrons. The molecule has 72 valence electrons. The van der Waals surface area contributed by atoms with Crippen LogP contribution in [0.1, 0.15) is 44.9 Å². The van der Waals surface area contributed by atoms with Gasteiger partial charge in [0.2, 0.25) is 0 Å². The lowest BCUT2D eigenvalue weighted by Crippen LogP contribution is -2.68. The Hall–Kier alpha value is -0.530. The predicted octanol–water partition coefficient (Wildman–Crippen LogP) is 2.43. The van der Waals surface area contributed by atoms with E-state index in [1.54, 1.807) is 0 Å². The fourth-order valence-corrected chi connectivity index (χ4v) is 4.37. The summed E-state index contributed by atoms with van der Waals surface area (Å²) >= 11 is 0. The van der Waals surface area contributed by atoms with Crippen LogP contribution >= 0.6 is 0 Å². The van der Waals surface area contributed by atoms with Crippen LogP contribution in [0, 0.1) is 16.7 Å². The smallest absolute Gasteiger partial charge is 0.307 e. The summed E-state index contributed by atoms with van der Waals surface area (Å²) in [5, 5.41) is 9.09. The topological polar surface area (TPSA) is 37.3 Å². The number of carbonyl (C=O) groups is 1. The van der Waals surface area contributed by atoms with E-state index in [0.29, 0.717) is 5.41 Å². The van der Waals surface area contributed by atoms with E-state index >= 15 is 0 Å². The molecule has 0 amide bonds. The van der Waals surface area contributed by atoms with Crippen molar-refractivity contribution in [3.63, 3.8) is 0 Å². The minimum absolute atomic E-state index is 0.0153. The highest BCUT2D eigenvalue weighted by molar-refractivity contribution is 5.73. The Balaban J connectivity index is 1.90. The van der Waals surface area contributed by atoms with Gasteiger partial charge in [0.25, 0.3) is 0 Å². The van der Waals surface area contributed by atoms with Gasteiger partial charge in [-0.15, -0.1) is 0 Å². The van der Waals surface area contributed by atoms with E-state index in [0.717, 1.165) is 6.42 Å². The van der Waals surface area contributed by atoms with Crippen LogP contribution in [0.5, 0.6) is 0 Å². The number of hydrogen-bond donors (Lipinski definition) is 1. The van der Waals surface area contributed by atoms with Crippen molar-refractivity contribution in [3.05, 3.63) is 0 Å². The summed E-state index contributed by atoms with van der Waals surface area (Å²) in [6.45, 7) is 0. The summed E-state index contributed by atoms with van der Waals surface area (Å²) in [7, 11) is 0. The second-order valence-corrected chi connectivity index (χ2v) is 5.24. The first-order chi connectivity index (χ1) is 6.20. The minimum atomic E-state index is -0.530. The molecule has 0 aromatic rings. The molecule has 1 N–H and O–H groups in total. The molecule has 3 fully saturated rings. The van der Waals surface area contributed by atoms with Crippen molar-refractivity contribution in [2.75, 3.05) is 0 Å². The van der Waals surface area contributed by atoms with Gasteiger partial charge in [-0.3, -0.25) is 4.79 Å². The first-order valence-corrected chi connectivity index (χ1v) is 5.43. The highest BCUT2D eigenvalue weighted by Gasteiger charge is 2.72. The quantitative estimate of drug-likeness (QED) is 0.673. The molecule has 0 bridgehead atoms. The molecule has 0 aliphatic heterocycles. The highest BCUT2D eigenvalue weighted by atomic mass is 16.4. The second kappa shape index (κ2) is 2.10. The predicted molar refractivity (Wildman–Crippen MR) is 48.3 cm³/mol. The molecule has 3 rings (SSSR count). The van der Waals surface area contributed by atoms with Crippen LogP contribution in [-0.2, 0) is 4.79 Å². The van der Waals surface area contributed by atoms with Crippen molar-refractivity contribution in [3.8, 4) is 0 Å². The monoisotopic (exact) mass is 180 g/mol. The first kappa shape index (κ1) is 7.84. The van der Waals surface area contributed by atoms with Gasteiger partial charge >= 0.3 is 5.97 Å². The summed E-state index contributed by atoms with van der Waals surface area (Å²) in [6, 6.07) is 0. The minimum Gasteiger partial charge on any atom is -0.481 e. The zero-order valence-corrected chi connectivity index (χ0v) is 7.88. The molecule has 2 heteroatoms. The second-order valence-electron chi connectivity index (χ2n) is 5.24. The Morgan fingerprint density at radius 2 is 1.92 bits per heavy atom. The van der Waals surface area contributed by atoms with Crippen LogP contribution in [-0.4, -0.2) is 11.1 Å². The molecule has 0 aromatic heterocycles. The van der Waals surface area contributed by atoms with Crippen LogP contribution in [0.3, 0.4) is 0 Å². The van der Waals surface area contributed by atoms with Crippen LogP contribution in [0.15, 0.2) is 0 Å². The van der Waals surface area contributed by atoms with E-state index in [1.807, 2.05) is 0 Å². The molecular weight excluding hydrogens is 164 g/mol. The van der Waals surface area contributed by atoms with Crippen molar-refractivity contribution >= 4 is 5.97 Å². The van der Waals surface area contributed by atoms with E-state index in [-0.39, 0.29) is 11.3 Å². The third-order valence-electron chi connectivity index (χ3n) is 5.19. The fraction of sp³-hybridized carbons (Fsp3) is 0.909. The zero-order valence-electron chi connectivity index (χ0n) is 7.88. The maximum absolute atomic E-state index is 11.0. The van der Waals surface area contributed by atoms with Gasteiger partial charge < -0.3 is 5.11 Å². The third-order valence-corrected chi connectivity index (χ3v) is 5.19.